The van der Waals surface area contributed by atoms with E-state index in [-0.39, 0.29) is 0 Å². The smallest absolute Gasteiger partial charge is 0.157 e. The number of fused-ring (bicyclic) bond motifs is 1. The molecule has 2 aromatic heterocycles. The first-order valence-corrected chi connectivity index (χ1v) is 4.46. The van der Waals surface area contributed by atoms with Crippen molar-refractivity contribution in [2.75, 3.05) is 5.73 Å². The fourth-order valence-electron chi connectivity index (χ4n) is 1.46. The summed E-state index contributed by atoms with van der Waals surface area (Å²) >= 11 is 0. The van der Waals surface area contributed by atoms with E-state index in [4.69, 9.17) is 5.73 Å². The first-order chi connectivity index (χ1) is 6.34. The van der Waals surface area contributed by atoms with E-state index in [0.717, 1.165) is 11.5 Å². The molecule has 2 heterocycles. The Morgan fingerprint density at radius 2 is 2.23 bits per heavy atom. The fraction of sp³-hybridized carbons (Fsp3) is 0.333. The van der Waals surface area contributed by atoms with Crippen LogP contribution in [0.15, 0.2) is 18.2 Å². The summed E-state index contributed by atoms with van der Waals surface area (Å²) in [4.78, 5) is 4.41. The highest BCUT2D eigenvalue weighted by atomic mass is 15.3. The van der Waals surface area contributed by atoms with E-state index in [1.54, 1.807) is 4.52 Å². The lowest BCUT2D eigenvalue weighted by atomic mass is 10.4. The van der Waals surface area contributed by atoms with Crippen molar-refractivity contribution < 1.29 is 0 Å². The van der Waals surface area contributed by atoms with E-state index in [1.807, 2.05) is 18.2 Å². The minimum Gasteiger partial charge on any atom is -0.384 e. The van der Waals surface area contributed by atoms with Crippen LogP contribution in [0.5, 0.6) is 0 Å². The Morgan fingerprint density at radius 1 is 1.38 bits per heavy atom. The van der Waals surface area contributed by atoms with Gasteiger partial charge < -0.3 is 5.73 Å². The van der Waals surface area contributed by atoms with Crippen molar-refractivity contribution in [3.8, 4) is 0 Å². The molecule has 1 fully saturated rings. The number of nitrogens with two attached hydrogens (primary N) is 1. The topological polar surface area (TPSA) is 56.2 Å². The molecule has 0 spiro atoms. The van der Waals surface area contributed by atoms with Crippen LogP contribution in [0.1, 0.15) is 24.6 Å². The maximum absolute atomic E-state index is 5.75. The van der Waals surface area contributed by atoms with Crippen molar-refractivity contribution in [2.45, 2.75) is 18.8 Å². The largest absolute Gasteiger partial charge is 0.384 e. The number of rotatable bonds is 1. The third-order valence-electron chi connectivity index (χ3n) is 2.35. The zero-order valence-corrected chi connectivity index (χ0v) is 7.14. The molecular formula is C9H10N4. The molecule has 13 heavy (non-hydrogen) atoms. The Bertz CT molecular complexity index is 456. The molecule has 0 amide bonds. The molecule has 0 radical (unpaired) electrons. The Morgan fingerprint density at radius 3 is 2.92 bits per heavy atom. The van der Waals surface area contributed by atoms with Gasteiger partial charge in [0.15, 0.2) is 11.5 Å². The van der Waals surface area contributed by atoms with Crippen molar-refractivity contribution in [3.63, 3.8) is 0 Å². The third kappa shape index (κ3) is 0.983. The zero-order valence-electron chi connectivity index (χ0n) is 7.14. The molecule has 1 aliphatic rings. The SMILES string of the molecule is Nc1cccc2nc(C3CC3)nn12. The Kier molecular flexibility index (Phi) is 1.17. The van der Waals surface area contributed by atoms with Gasteiger partial charge >= 0.3 is 0 Å². The highest BCUT2D eigenvalue weighted by molar-refractivity contribution is 5.46. The number of nitrogen functional groups attached to an aromatic ring is 1. The molecule has 2 N–H and O–H groups in total. The molecular weight excluding hydrogens is 164 g/mol. The summed E-state index contributed by atoms with van der Waals surface area (Å²) in [6, 6.07) is 5.66. The normalized spacial score (nSPS) is 16.6. The van der Waals surface area contributed by atoms with Gasteiger partial charge in [0.25, 0.3) is 0 Å². The van der Waals surface area contributed by atoms with Crippen LogP contribution < -0.4 is 5.73 Å². The quantitative estimate of drug-likeness (QED) is 0.706. The van der Waals surface area contributed by atoms with Crippen LogP contribution in [-0.4, -0.2) is 14.6 Å². The van der Waals surface area contributed by atoms with Crippen LogP contribution in [-0.2, 0) is 0 Å². The average Bonchev–Trinajstić information content (AvgIpc) is 2.87. The molecule has 0 atom stereocenters. The van der Waals surface area contributed by atoms with E-state index >= 15 is 0 Å². The Hall–Kier alpha value is -1.58. The summed E-state index contributed by atoms with van der Waals surface area (Å²) in [5.41, 5.74) is 6.60. The lowest BCUT2D eigenvalue weighted by Crippen LogP contribution is -1.97. The summed E-state index contributed by atoms with van der Waals surface area (Å²) in [6.45, 7) is 0. The molecule has 4 heteroatoms. The molecule has 0 aliphatic heterocycles. The van der Waals surface area contributed by atoms with Gasteiger partial charge in [-0.3, -0.25) is 0 Å². The molecule has 0 saturated heterocycles. The van der Waals surface area contributed by atoms with Gasteiger partial charge in [-0.25, -0.2) is 4.98 Å². The van der Waals surface area contributed by atoms with Gasteiger partial charge in [0.05, 0.1) is 0 Å². The molecule has 2 aromatic rings. The van der Waals surface area contributed by atoms with Gasteiger partial charge in [-0.05, 0) is 25.0 Å². The van der Waals surface area contributed by atoms with E-state index in [1.165, 1.54) is 12.8 Å². The zero-order chi connectivity index (χ0) is 8.84. The molecule has 1 aliphatic carbocycles. The molecule has 66 valence electrons. The summed E-state index contributed by atoms with van der Waals surface area (Å²) < 4.78 is 1.70. The first kappa shape index (κ1) is 6.88. The summed E-state index contributed by atoms with van der Waals surface area (Å²) in [6.07, 6.45) is 2.44. The maximum atomic E-state index is 5.75. The second kappa shape index (κ2) is 2.22. The van der Waals surface area contributed by atoms with Gasteiger partial charge in [-0.15, -0.1) is 5.10 Å². The van der Waals surface area contributed by atoms with Crippen LogP contribution in [0.4, 0.5) is 5.82 Å². The van der Waals surface area contributed by atoms with E-state index < -0.39 is 0 Å². The van der Waals surface area contributed by atoms with Crippen molar-refractivity contribution in [2.24, 2.45) is 0 Å². The van der Waals surface area contributed by atoms with Gasteiger partial charge in [0.2, 0.25) is 0 Å². The molecule has 0 aromatic carbocycles. The van der Waals surface area contributed by atoms with Crippen LogP contribution in [0.25, 0.3) is 5.65 Å². The molecule has 0 unspecified atom stereocenters. The number of anilines is 1. The number of hydrogen-bond acceptors (Lipinski definition) is 3. The Labute approximate surface area is 75.4 Å². The third-order valence-corrected chi connectivity index (χ3v) is 2.35. The fourth-order valence-corrected chi connectivity index (χ4v) is 1.46. The number of nitrogens with zero attached hydrogens (tertiary/aromatic N) is 3. The van der Waals surface area contributed by atoms with Gasteiger partial charge in [0.1, 0.15) is 5.82 Å². The standard InChI is InChI=1S/C9H10N4/c10-7-2-1-3-8-11-9(6-4-5-6)12-13(7)8/h1-3,6H,4-5,10H2. The lowest BCUT2D eigenvalue weighted by Gasteiger charge is -1.93. The molecule has 1 saturated carbocycles. The predicted octanol–water partition coefficient (Wildman–Crippen LogP) is 1.19. The van der Waals surface area contributed by atoms with Crippen LogP contribution in [0.3, 0.4) is 0 Å². The van der Waals surface area contributed by atoms with Crippen LogP contribution >= 0.6 is 0 Å². The van der Waals surface area contributed by atoms with Crippen molar-refractivity contribution in [1.82, 2.24) is 14.6 Å². The number of pyridine rings is 1. The van der Waals surface area contributed by atoms with E-state index in [9.17, 15) is 0 Å². The first-order valence-electron chi connectivity index (χ1n) is 4.46. The monoisotopic (exact) mass is 174 g/mol. The lowest BCUT2D eigenvalue weighted by molar-refractivity contribution is 0.885. The average molecular weight is 174 g/mol. The summed E-state index contributed by atoms with van der Waals surface area (Å²) in [5.74, 6) is 2.18. The number of hydrogen-bond donors (Lipinski definition) is 1. The summed E-state index contributed by atoms with van der Waals surface area (Å²) in [7, 11) is 0. The molecule has 0 bridgehead atoms. The maximum Gasteiger partial charge on any atom is 0.157 e. The van der Waals surface area contributed by atoms with Gasteiger partial charge in [-0.2, -0.15) is 4.52 Å². The molecule has 3 rings (SSSR count). The van der Waals surface area contributed by atoms with Gasteiger partial charge in [0, 0.05) is 5.92 Å². The van der Waals surface area contributed by atoms with Crippen LogP contribution in [0.2, 0.25) is 0 Å². The minimum atomic E-state index is 0.583. The van der Waals surface area contributed by atoms with Crippen LogP contribution in [0, 0.1) is 0 Å². The van der Waals surface area contributed by atoms with Crippen molar-refractivity contribution in [1.29, 1.82) is 0 Å². The van der Waals surface area contributed by atoms with E-state index in [2.05, 4.69) is 10.1 Å². The van der Waals surface area contributed by atoms with E-state index in [0.29, 0.717) is 11.7 Å². The second-order valence-electron chi connectivity index (χ2n) is 3.46. The highest BCUT2D eigenvalue weighted by Crippen LogP contribution is 2.38. The minimum absolute atomic E-state index is 0.583. The molecule has 4 nitrogen and oxygen atoms in total. The predicted molar refractivity (Wildman–Crippen MR) is 49.4 cm³/mol. The van der Waals surface area contributed by atoms with Gasteiger partial charge in [-0.1, -0.05) is 6.07 Å². The second-order valence-corrected chi connectivity index (χ2v) is 3.46. The number of aromatic nitrogens is 3. The van der Waals surface area contributed by atoms with Crippen molar-refractivity contribution in [3.05, 3.63) is 24.0 Å². The highest BCUT2D eigenvalue weighted by Gasteiger charge is 2.27. The van der Waals surface area contributed by atoms with Crippen molar-refractivity contribution >= 4 is 11.5 Å². The Balaban J connectivity index is 2.26. The summed E-state index contributed by atoms with van der Waals surface area (Å²) in [5, 5.41) is 4.35.